The Labute approximate surface area is 114 Å². The fourth-order valence-corrected chi connectivity index (χ4v) is 2.13. The minimum absolute atomic E-state index is 0.0113. The van der Waals surface area contributed by atoms with E-state index < -0.39 is 24.3 Å². The maximum absolute atomic E-state index is 13.4. The summed E-state index contributed by atoms with van der Waals surface area (Å²) in [6.45, 7) is -1.00. The summed E-state index contributed by atoms with van der Waals surface area (Å²) in [5, 5.41) is 0. The second-order valence-corrected chi connectivity index (χ2v) is 4.97. The zero-order chi connectivity index (χ0) is 14.8. The molecule has 6 heteroatoms. The highest BCUT2D eigenvalue weighted by molar-refractivity contribution is 5.96. The molecule has 0 N–H and O–H groups in total. The fraction of sp³-hybridized carbons (Fsp3) is 0.500. The van der Waals surface area contributed by atoms with E-state index in [2.05, 4.69) is 0 Å². The van der Waals surface area contributed by atoms with Gasteiger partial charge in [-0.1, -0.05) is 12.1 Å². The van der Waals surface area contributed by atoms with E-state index in [1.165, 1.54) is 29.2 Å². The molecule has 0 amide bonds. The molecule has 2 rings (SSSR count). The molecule has 1 saturated carbocycles. The van der Waals surface area contributed by atoms with Gasteiger partial charge in [0, 0.05) is 19.0 Å². The van der Waals surface area contributed by atoms with E-state index >= 15 is 0 Å². The van der Waals surface area contributed by atoms with E-state index in [0.29, 0.717) is 0 Å². The molecule has 0 unspecified atom stereocenters. The van der Waals surface area contributed by atoms with E-state index in [1.807, 2.05) is 0 Å². The Morgan fingerprint density at radius 1 is 1.25 bits per heavy atom. The SMILES string of the molecule is O=C(CCN(CC(F)(F)F)C1CC1)c1ccccc1F. The molecule has 0 heterocycles. The van der Waals surface area contributed by atoms with Gasteiger partial charge in [0.25, 0.3) is 0 Å². The summed E-state index contributed by atoms with van der Waals surface area (Å²) in [6, 6.07) is 5.42. The van der Waals surface area contributed by atoms with Crippen molar-refractivity contribution in [2.75, 3.05) is 13.1 Å². The van der Waals surface area contributed by atoms with Crippen molar-refractivity contribution in [1.29, 1.82) is 0 Å². The number of carbonyl (C=O) groups excluding carboxylic acids is 1. The zero-order valence-electron chi connectivity index (χ0n) is 10.8. The summed E-state index contributed by atoms with van der Waals surface area (Å²) >= 11 is 0. The molecule has 20 heavy (non-hydrogen) atoms. The molecule has 0 saturated heterocycles. The Morgan fingerprint density at radius 3 is 2.45 bits per heavy atom. The Morgan fingerprint density at radius 2 is 1.90 bits per heavy atom. The van der Waals surface area contributed by atoms with Crippen molar-refractivity contribution in [1.82, 2.24) is 4.90 Å². The molecule has 1 aromatic carbocycles. The van der Waals surface area contributed by atoms with Crippen LogP contribution in [0.25, 0.3) is 0 Å². The van der Waals surface area contributed by atoms with Crippen LogP contribution in [-0.4, -0.2) is 36.0 Å². The average Bonchev–Trinajstić information content (AvgIpc) is 3.17. The molecule has 0 spiro atoms. The Bertz CT molecular complexity index is 482. The molecule has 0 aromatic heterocycles. The van der Waals surface area contributed by atoms with Gasteiger partial charge in [-0.2, -0.15) is 13.2 Å². The first-order valence-corrected chi connectivity index (χ1v) is 6.45. The third kappa shape index (κ3) is 4.30. The van der Waals surface area contributed by atoms with Gasteiger partial charge in [-0.05, 0) is 25.0 Å². The summed E-state index contributed by atoms with van der Waals surface area (Å²) in [4.78, 5) is 13.1. The minimum Gasteiger partial charge on any atom is -0.294 e. The van der Waals surface area contributed by atoms with Crippen LogP contribution in [0, 0.1) is 5.82 Å². The van der Waals surface area contributed by atoms with Gasteiger partial charge in [0.1, 0.15) is 5.82 Å². The maximum Gasteiger partial charge on any atom is 0.401 e. The van der Waals surface area contributed by atoms with Crippen LogP contribution in [0.1, 0.15) is 29.6 Å². The van der Waals surface area contributed by atoms with Gasteiger partial charge in [0.05, 0.1) is 12.1 Å². The standard InChI is InChI=1S/C14H15F4NO/c15-12-4-2-1-3-11(12)13(20)7-8-19(10-5-6-10)9-14(16,17)18/h1-4,10H,5-9H2. The Hall–Kier alpha value is -1.43. The monoisotopic (exact) mass is 289 g/mol. The van der Waals surface area contributed by atoms with Crippen molar-refractivity contribution in [3.63, 3.8) is 0 Å². The number of rotatable bonds is 6. The van der Waals surface area contributed by atoms with E-state index in [0.717, 1.165) is 12.8 Å². The Balaban J connectivity index is 1.92. The molecular formula is C14H15F4NO. The summed E-state index contributed by atoms with van der Waals surface area (Å²) in [5.41, 5.74) is -0.0599. The largest absolute Gasteiger partial charge is 0.401 e. The minimum atomic E-state index is -4.27. The number of hydrogen-bond acceptors (Lipinski definition) is 2. The van der Waals surface area contributed by atoms with E-state index in [4.69, 9.17) is 0 Å². The van der Waals surface area contributed by atoms with Crippen LogP contribution >= 0.6 is 0 Å². The third-order valence-corrected chi connectivity index (χ3v) is 3.25. The first-order chi connectivity index (χ1) is 9.37. The lowest BCUT2D eigenvalue weighted by molar-refractivity contribution is -0.147. The number of alkyl halides is 3. The second kappa shape index (κ2) is 5.91. The molecule has 1 fully saturated rings. The van der Waals surface area contributed by atoms with Crippen molar-refractivity contribution in [3.05, 3.63) is 35.6 Å². The summed E-state index contributed by atoms with van der Waals surface area (Å²) in [5.74, 6) is -1.10. The van der Waals surface area contributed by atoms with Crippen LogP contribution < -0.4 is 0 Å². The molecule has 2 nitrogen and oxygen atoms in total. The molecule has 0 radical (unpaired) electrons. The molecule has 110 valence electrons. The van der Waals surface area contributed by atoms with Crippen LogP contribution in [0.15, 0.2) is 24.3 Å². The third-order valence-electron chi connectivity index (χ3n) is 3.25. The van der Waals surface area contributed by atoms with Gasteiger partial charge in [0.15, 0.2) is 5.78 Å². The van der Waals surface area contributed by atoms with Crippen molar-refractivity contribution < 1.29 is 22.4 Å². The number of Topliss-reactive ketones (excluding diaryl/α,β-unsaturated/α-hetero) is 1. The highest BCUT2D eigenvalue weighted by atomic mass is 19.4. The van der Waals surface area contributed by atoms with Crippen LogP contribution in [-0.2, 0) is 0 Å². The van der Waals surface area contributed by atoms with Gasteiger partial charge in [0.2, 0.25) is 0 Å². The quantitative estimate of drug-likeness (QED) is 0.591. The van der Waals surface area contributed by atoms with Gasteiger partial charge in [-0.25, -0.2) is 4.39 Å². The van der Waals surface area contributed by atoms with Crippen LogP contribution in [0.3, 0.4) is 0 Å². The van der Waals surface area contributed by atoms with Gasteiger partial charge >= 0.3 is 6.18 Å². The predicted molar refractivity (Wildman–Crippen MR) is 66.0 cm³/mol. The lowest BCUT2D eigenvalue weighted by Crippen LogP contribution is -2.37. The summed E-state index contributed by atoms with van der Waals surface area (Å²) in [7, 11) is 0. The molecular weight excluding hydrogens is 274 g/mol. The first kappa shape index (κ1) is 15.0. The van der Waals surface area contributed by atoms with Crippen LogP contribution in [0.5, 0.6) is 0 Å². The van der Waals surface area contributed by atoms with E-state index in [1.54, 1.807) is 0 Å². The van der Waals surface area contributed by atoms with Gasteiger partial charge in [-0.15, -0.1) is 0 Å². The summed E-state index contributed by atoms with van der Waals surface area (Å²) < 4.78 is 50.6. The van der Waals surface area contributed by atoms with Crippen molar-refractivity contribution in [2.24, 2.45) is 0 Å². The highest BCUT2D eigenvalue weighted by Crippen LogP contribution is 2.30. The maximum atomic E-state index is 13.4. The second-order valence-electron chi connectivity index (χ2n) is 4.97. The van der Waals surface area contributed by atoms with Gasteiger partial charge in [-0.3, -0.25) is 9.69 Å². The molecule has 0 atom stereocenters. The summed E-state index contributed by atoms with van der Waals surface area (Å²) in [6.07, 6.45) is -2.93. The lowest BCUT2D eigenvalue weighted by Gasteiger charge is -2.22. The van der Waals surface area contributed by atoms with Crippen molar-refractivity contribution >= 4 is 5.78 Å². The number of ketones is 1. The predicted octanol–water partition coefficient (Wildman–Crippen LogP) is 3.43. The number of hydrogen-bond donors (Lipinski definition) is 0. The van der Waals surface area contributed by atoms with Crippen molar-refractivity contribution in [2.45, 2.75) is 31.5 Å². The number of nitrogens with zero attached hydrogens (tertiary/aromatic N) is 1. The van der Waals surface area contributed by atoms with Crippen molar-refractivity contribution in [3.8, 4) is 0 Å². The van der Waals surface area contributed by atoms with Crippen LogP contribution in [0.2, 0.25) is 0 Å². The van der Waals surface area contributed by atoms with Crippen LogP contribution in [0.4, 0.5) is 17.6 Å². The first-order valence-electron chi connectivity index (χ1n) is 6.45. The number of benzene rings is 1. The fourth-order valence-electron chi connectivity index (χ4n) is 2.13. The molecule has 1 aromatic rings. The van der Waals surface area contributed by atoms with E-state index in [9.17, 15) is 22.4 Å². The molecule has 0 aliphatic heterocycles. The average molecular weight is 289 g/mol. The van der Waals surface area contributed by atoms with Gasteiger partial charge < -0.3 is 0 Å². The smallest absolute Gasteiger partial charge is 0.294 e. The number of carbonyl (C=O) groups is 1. The normalized spacial score (nSPS) is 15.7. The molecule has 0 bridgehead atoms. The molecule has 1 aliphatic carbocycles. The highest BCUT2D eigenvalue weighted by Gasteiger charge is 2.37. The lowest BCUT2D eigenvalue weighted by atomic mass is 10.1. The topological polar surface area (TPSA) is 20.3 Å². The number of halogens is 4. The zero-order valence-corrected chi connectivity index (χ0v) is 10.8. The van der Waals surface area contributed by atoms with E-state index in [-0.39, 0.29) is 24.6 Å². The molecule has 1 aliphatic rings. The Kier molecular flexibility index (Phi) is 4.42.